The molecule has 0 aliphatic carbocycles. The minimum atomic E-state index is 0.103. The normalized spacial score (nSPS) is 10.6. The van der Waals surface area contributed by atoms with Crippen LogP contribution < -0.4 is 10.6 Å². The molecule has 116 valence electrons. The number of benzene rings is 2. The molecule has 0 atom stereocenters. The Morgan fingerprint density at radius 3 is 1.95 bits per heavy atom. The summed E-state index contributed by atoms with van der Waals surface area (Å²) in [7, 11) is 1.92. The van der Waals surface area contributed by atoms with Crippen LogP contribution in [0.5, 0.6) is 0 Å². The lowest BCUT2D eigenvalue weighted by Crippen LogP contribution is -2.28. The second-order valence-corrected chi connectivity index (χ2v) is 5.39. The minimum absolute atomic E-state index is 0.103. The Hall–Kier alpha value is -2.13. The topological polar surface area (TPSA) is 41.1 Å². The number of hydrogen-bond acceptors (Lipinski definition) is 2. The minimum Gasteiger partial charge on any atom is -0.356 e. The molecule has 2 aromatic rings. The molecular formula is C19H24N2O. The van der Waals surface area contributed by atoms with Crippen LogP contribution in [0.25, 0.3) is 0 Å². The molecule has 0 saturated carbocycles. The molecule has 2 aromatic carbocycles. The van der Waals surface area contributed by atoms with E-state index in [0.717, 1.165) is 19.5 Å². The lowest BCUT2D eigenvalue weighted by molar-refractivity contribution is -0.121. The Balaban J connectivity index is 2.04. The molecule has 0 bridgehead atoms. The van der Waals surface area contributed by atoms with Gasteiger partial charge in [0.25, 0.3) is 0 Å². The van der Waals surface area contributed by atoms with Gasteiger partial charge in [-0.05, 0) is 31.1 Å². The van der Waals surface area contributed by atoms with E-state index in [0.29, 0.717) is 6.42 Å². The van der Waals surface area contributed by atoms with Crippen molar-refractivity contribution in [3.63, 3.8) is 0 Å². The second kappa shape index (κ2) is 9.00. The van der Waals surface area contributed by atoms with E-state index in [1.807, 2.05) is 43.4 Å². The van der Waals surface area contributed by atoms with Crippen molar-refractivity contribution in [2.24, 2.45) is 0 Å². The fraction of sp³-hybridized carbons (Fsp3) is 0.316. The van der Waals surface area contributed by atoms with Crippen LogP contribution in [-0.4, -0.2) is 26.0 Å². The largest absolute Gasteiger partial charge is 0.356 e. The van der Waals surface area contributed by atoms with E-state index in [4.69, 9.17) is 0 Å². The average Bonchev–Trinajstić information content (AvgIpc) is 2.58. The molecule has 3 nitrogen and oxygen atoms in total. The summed E-state index contributed by atoms with van der Waals surface area (Å²) in [5, 5.41) is 6.09. The maximum absolute atomic E-state index is 12.2. The summed E-state index contributed by atoms with van der Waals surface area (Å²) in [5.41, 5.74) is 2.36. The number of nitrogens with one attached hydrogen (secondary N) is 2. The third-order valence-corrected chi connectivity index (χ3v) is 3.72. The van der Waals surface area contributed by atoms with Crippen molar-refractivity contribution in [3.05, 3.63) is 71.8 Å². The monoisotopic (exact) mass is 296 g/mol. The van der Waals surface area contributed by atoms with Gasteiger partial charge in [0.05, 0.1) is 0 Å². The predicted octanol–water partition coefficient (Wildman–Crippen LogP) is 2.93. The van der Waals surface area contributed by atoms with Gasteiger partial charge < -0.3 is 10.6 Å². The number of carbonyl (C=O) groups is 1. The molecule has 0 spiro atoms. The average molecular weight is 296 g/mol. The summed E-state index contributed by atoms with van der Waals surface area (Å²) < 4.78 is 0. The summed E-state index contributed by atoms with van der Waals surface area (Å²) in [6.07, 6.45) is 1.43. The second-order valence-electron chi connectivity index (χ2n) is 5.39. The van der Waals surface area contributed by atoms with Crippen molar-refractivity contribution in [1.29, 1.82) is 0 Å². The van der Waals surface area contributed by atoms with Gasteiger partial charge in [-0.15, -0.1) is 0 Å². The molecule has 0 unspecified atom stereocenters. The van der Waals surface area contributed by atoms with Gasteiger partial charge in [-0.3, -0.25) is 4.79 Å². The van der Waals surface area contributed by atoms with Crippen molar-refractivity contribution in [3.8, 4) is 0 Å². The van der Waals surface area contributed by atoms with Gasteiger partial charge in [-0.1, -0.05) is 60.7 Å². The number of rotatable bonds is 8. The molecule has 0 saturated heterocycles. The van der Waals surface area contributed by atoms with E-state index in [1.54, 1.807) is 0 Å². The molecule has 2 rings (SSSR count). The molecule has 0 aliphatic rings. The summed E-state index contributed by atoms with van der Waals surface area (Å²) in [5.74, 6) is 0.209. The van der Waals surface area contributed by atoms with Crippen LogP contribution in [0.2, 0.25) is 0 Å². The number of hydrogen-bond donors (Lipinski definition) is 2. The van der Waals surface area contributed by atoms with E-state index in [-0.39, 0.29) is 11.8 Å². The highest BCUT2D eigenvalue weighted by molar-refractivity contribution is 5.77. The summed E-state index contributed by atoms with van der Waals surface area (Å²) in [6.45, 7) is 1.64. The van der Waals surface area contributed by atoms with Crippen molar-refractivity contribution in [2.75, 3.05) is 20.1 Å². The number of carbonyl (C=O) groups excluding carboxylic acids is 1. The summed E-state index contributed by atoms with van der Waals surface area (Å²) >= 11 is 0. The number of amides is 1. The van der Waals surface area contributed by atoms with E-state index in [9.17, 15) is 4.79 Å². The molecule has 0 aromatic heterocycles. The third kappa shape index (κ3) is 5.01. The van der Waals surface area contributed by atoms with E-state index in [2.05, 4.69) is 34.9 Å². The first-order chi connectivity index (χ1) is 10.8. The van der Waals surface area contributed by atoms with Crippen molar-refractivity contribution in [2.45, 2.75) is 18.8 Å². The van der Waals surface area contributed by atoms with Crippen LogP contribution >= 0.6 is 0 Å². The molecule has 0 radical (unpaired) electrons. The lowest BCUT2D eigenvalue weighted by Gasteiger charge is -2.18. The van der Waals surface area contributed by atoms with Crippen molar-refractivity contribution in [1.82, 2.24) is 10.6 Å². The Morgan fingerprint density at radius 2 is 1.45 bits per heavy atom. The van der Waals surface area contributed by atoms with Gasteiger partial charge in [0.1, 0.15) is 0 Å². The van der Waals surface area contributed by atoms with Crippen LogP contribution in [0.4, 0.5) is 0 Å². The van der Waals surface area contributed by atoms with Crippen molar-refractivity contribution >= 4 is 5.91 Å². The molecule has 3 heteroatoms. The zero-order valence-electron chi connectivity index (χ0n) is 13.1. The maximum Gasteiger partial charge on any atom is 0.220 e. The molecule has 2 N–H and O–H groups in total. The summed E-state index contributed by atoms with van der Waals surface area (Å²) in [4.78, 5) is 12.2. The molecule has 22 heavy (non-hydrogen) atoms. The van der Waals surface area contributed by atoms with Crippen LogP contribution in [0.3, 0.4) is 0 Å². The van der Waals surface area contributed by atoms with Crippen molar-refractivity contribution < 1.29 is 4.79 Å². The fourth-order valence-corrected chi connectivity index (χ4v) is 2.55. The van der Waals surface area contributed by atoms with Gasteiger partial charge >= 0.3 is 0 Å². The first-order valence-corrected chi connectivity index (χ1v) is 7.82. The van der Waals surface area contributed by atoms with Crippen LogP contribution in [0, 0.1) is 0 Å². The predicted molar refractivity (Wildman–Crippen MR) is 90.9 cm³/mol. The lowest BCUT2D eigenvalue weighted by atomic mass is 9.88. The van der Waals surface area contributed by atoms with Gasteiger partial charge in [0, 0.05) is 18.9 Å². The molecule has 0 fully saturated rings. The van der Waals surface area contributed by atoms with Gasteiger partial charge in [-0.25, -0.2) is 0 Å². The Bertz CT molecular complexity index is 515. The SMILES string of the molecule is CNCCCNC(=O)CC(c1ccccc1)c1ccccc1. The highest BCUT2D eigenvalue weighted by atomic mass is 16.1. The van der Waals surface area contributed by atoms with Gasteiger partial charge in [-0.2, -0.15) is 0 Å². The Morgan fingerprint density at radius 1 is 0.909 bits per heavy atom. The van der Waals surface area contributed by atoms with Crippen LogP contribution in [-0.2, 0) is 4.79 Å². The maximum atomic E-state index is 12.2. The van der Waals surface area contributed by atoms with E-state index < -0.39 is 0 Å². The van der Waals surface area contributed by atoms with Crippen LogP contribution in [0.1, 0.15) is 29.9 Å². The standard InChI is InChI=1S/C19H24N2O/c1-20-13-8-14-21-19(22)15-18(16-9-4-2-5-10-16)17-11-6-3-7-12-17/h2-7,9-12,18,20H,8,13-15H2,1H3,(H,21,22). The Kier molecular flexibility index (Phi) is 6.65. The van der Waals surface area contributed by atoms with E-state index in [1.165, 1.54) is 11.1 Å². The quantitative estimate of drug-likeness (QED) is 0.735. The Labute approximate surface area is 132 Å². The first-order valence-electron chi connectivity index (χ1n) is 7.82. The fourth-order valence-electron chi connectivity index (χ4n) is 2.55. The highest BCUT2D eigenvalue weighted by Crippen LogP contribution is 2.27. The van der Waals surface area contributed by atoms with Gasteiger partial charge in [0.15, 0.2) is 0 Å². The van der Waals surface area contributed by atoms with E-state index >= 15 is 0 Å². The summed E-state index contributed by atoms with van der Waals surface area (Å²) in [6, 6.07) is 20.5. The van der Waals surface area contributed by atoms with Gasteiger partial charge in [0.2, 0.25) is 5.91 Å². The molecule has 0 aliphatic heterocycles. The zero-order chi connectivity index (χ0) is 15.6. The smallest absolute Gasteiger partial charge is 0.220 e. The molecule has 0 heterocycles. The third-order valence-electron chi connectivity index (χ3n) is 3.72. The molecule has 1 amide bonds. The first kappa shape index (κ1) is 16.2. The highest BCUT2D eigenvalue weighted by Gasteiger charge is 2.17. The zero-order valence-corrected chi connectivity index (χ0v) is 13.1. The molecular weight excluding hydrogens is 272 g/mol. The van der Waals surface area contributed by atoms with Crippen LogP contribution in [0.15, 0.2) is 60.7 Å².